The number of thiophene rings is 1. The number of carbonyl (C=O) groups excluding carboxylic acids is 2. The van der Waals surface area contributed by atoms with E-state index in [0.29, 0.717) is 21.1 Å². The zero-order chi connectivity index (χ0) is 20.3. The third-order valence-electron chi connectivity index (χ3n) is 4.50. The molecule has 0 atom stereocenters. The Bertz CT molecular complexity index is 918. The van der Waals surface area contributed by atoms with Gasteiger partial charge in [0.05, 0.1) is 16.5 Å². The second-order valence-corrected chi connectivity index (χ2v) is 7.50. The van der Waals surface area contributed by atoms with Crippen molar-refractivity contribution in [1.82, 2.24) is 0 Å². The third kappa shape index (κ3) is 4.14. The topological polar surface area (TPSA) is 102 Å². The number of benzene rings is 1. The highest BCUT2D eigenvalue weighted by Gasteiger charge is 2.24. The molecule has 148 valence electrons. The molecule has 28 heavy (non-hydrogen) atoms. The first-order valence-electron chi connectivity index (χ1n) is 9.03. The summed E-state index contributed by atoms with van der Waals surface area (Å²) < 4.78 is 4.99. The summed E-state index contributed by atoms with van der Waals surface area (Å²) in [6, 6.07) is 6.20. The molecule has 0 radical (unpaired) electrons. The van der Waals surface area contributed by atoms with Crippen molar-refractivity contribution in [2.75, 3.05) is 29.9 Å². The minimum atomic E-state index is -0.465. The van der Waals surface area contributed by atoms with E-state index in [-0.39, 0.29) is 17.9 Å². The summed E-state index contributed by atoms with van der Waals surface area (Å²) in [5.41, 5.74) is 1.35. The molecule has 1 aliphatic heterocycles. The van der Waals surface area contributed by atoms with Crippen LogP contribution in [0, 0.1) is 17.0 Å². The highest BCUT2D eigenvalue weighted by Crippen LogP contribution is 2.32. The van der Waals surface area contributed by atoms with E-state index in [1.54, 1.807) is 32.0 Å². The summed E-state index contributed by atoms with van der Waals surface area (Å²) in [6.07, 6.45) is 2.00. The second-order valence-electron chi connectivity index (χ2n) is 6.45. The van der Waals surface area contributed by atoms with Crippen LogP contribution < -0.4 is 10.2 Å². The Hall–Kier alpha value is -2.94. The van der Waals surface area contributed by atoms with E-state index in [1.165, 1.54) is 6.07 Å². The molecule has 1 aromatic heterocycles. The van der Waals surface area contributed by atoms with Crippen molar-refractivity contribution >= 4 is 39.6 Å². The average Bonchev–Trinajstić information content (AvgIpc) is 3.31. The van der Waals surface area contributed by atoms with Gasteiger partial charge in [-0.2, -0.15) is 0 Å². The first-order valence-corrected chi connectivity index (χ1v) is 9.84. The predicted octanol–water partition coefficient (Wildman–Crippen LogP) is 3.99. The van der Waals surface area contributed by atoms with Crippen LogP contribution in [0.15, 0.2) is 24.3 Å². The van der Waals surface area contributed by atoms with Crippen molar-refractivity contribution in [2.24, 2.45) is 0 Å². The monoisotopic (exact) mass is 403 g/mol. The molecule has 3 rings (SSSR count). The number of nitrogens with one attached hydrogen (secondary N) is 1. The van der Waals surface area contributed by atoms with Crippen LogP contribution in [0.2, 0.25) is 0 Å². The van der Waals surface area contributed by atoms with Crippen molar-refractivity contribution in [1.29, 1.82) is 0 Å². The molecule has 8 nitrogen and oxygen atoms in total. The molecule has 2 aromatic rings. The number of esters is 1. The van der Waals surface area contributed by atoms with Gasteiger partial charge < -0.3 is 15.0 Å². The number of nitrogens with zero attached hydrogens (tertiary/aromatic N) is 2. The fourth-order valence-corrected chi connectivity index (χ4v) is 4.12. The molecule has 2 heterocycles. The number of nitro groups is 1. The molecule has 1 aliphatic rings. The number of amides is 1. The molecule has 0 spiro atoms. The first kappa shape index (κ1) is 19.8. The number of aryl methyl sites for hydroxylation is 1. The van der Waals surface area contributed by atoms with Crippen LogP contribution in [0.1, 0.15) is 45.4 Å². The minimum Gasteiger partial charge on any atom is -0.462 e. The van der Waals surface area contributed by atoms with Gasteiger partial charge in [0.25, 0.3) is 11.6 Å². The molecule has 1 amide bonds. The molecule has 0 saturated carbocycles. The van der Waals surface area contributed by atoms with Gasteiger partial charge in [0.15, 0.2) is 0 Å². The Kier molecular flexibility index (Phi) is 5.93. The molecular formula is C19H21N3O5S. The van der Waals surface area contributed by atoms with Gasteiger partial charge in [0, 0.05) is 24.7 Å². The zero-order valence-electron chi connectivity index (χ0n) is 15.7. The van der Waals surface area contributed by atoms with Crippen LogP contribution in [0.25, 0.3) is 0 Å². The Balaban J connectivity index is 1.81. The molecule has 1 fully saturated rings. The van der Waals surface area contributed by atoms with Gasteiger partial charge >= 0.3 is 5.97 Å². The maximum atomic E-state index is 12.6. The highest BCUT2D eigenvalue weighted by molar-refractivity contribution is 7.18. The van der Waals surface area contributed by atoms with Crippen molar-refractivity contribution in [3.8, 4) is 0 Å². The van der Waals surface area contributed by atoms with Gasteiger partial charge in [-0.3, -0.25) is 14.9 Å². The van der Waals surface area contributed by atoms with E-state index in [1.807, 2.05) is 4.90 Å². The fraction of sp³-hybridized carbons (Fsp3) is 0.368. The van der Waals surface area contributed by atoms with Gasteiger partial charge in [0.2, 0.25) is 0 Å². The van der Waals surface area contributed by atoms with Crippen LogP contribution >= 0.6 is 11.3 Å². The summed E-state index contributed by atoms with van der Waals surface area (Å²) in [6.45, 7) is 5.30. The van der Waals surface area contributed by atoms with E-state index in [2.05, 4.69) is 5.32 Å². The van der Waals surface area contributed by atoms with Gasteiger partial charge in [0.1, 0.15) is 10.6 Å². The maximum Gasteiger partial charge on any atom is 0.348 e. The molecular weight excluding hydrogens is 382 g/mol. The minimum absolute atomic E-state index is 0.0795. The number of hydrogen-bond donors (Lipinski definition) is 1. The molecule has 0 unspecified atom stereocenters. The zero-order valence-corrected chi connectivity index (χ0v) is 16.5. The first-order chi connectivity index (χ1) is 13.4. The van der Waals surface area contributed by atoms with E-state index < -0.39 is 16.8 Å². The number of carbonyl (C=O) groups is 2. The van der Waals surface area contributed by atoms with Gasteiger partial charge in [-0.25, -0.2) is 4.79 Å². The molecule has 1 aromatic carbocycles. The largest absolute Gasteiger partial charge is 0.462 e. The number of hydrogen-bond acceptors (Lipinski definition) is 7. The van der Waals surface area contributed by atoms with Crippen molar-refractivity contribution in [3.63, 3.8) is 0 Å². The summed E-state index contributed by atoms with van der Waals surface area (Å²) in [5, 5.41) is 14.7. The quantitative estimate of drug-likeness (QED) is 0.444. The number of ether oxygens (including phenoxy) is 1. The standard InChI is InChI=1S/C19H21N3O5S/c1-3-27-19(24)17-12(2)10-16(28-17)20-18(23)13-6-7-14(15(11-13)22(25)26)21-8-4-5-9-21/h6-7,10-11H,3-5,8-9H2,1-2H3,(H,20,23). The molecule has 0 bridgehead atoms. The summed E-state index contributed by atoms with van der Waals surface area (Å²) in [5.74, 6) is -0.899. The second kappa shape index (κ2) is 8.39. The smallest absolute Gasteiger partial charge is 0.348 e. The predicted molar refractivity (Wildman–Crippen MR) is 108 cm³/mol. The van der Waals surface area contributed by atoms with Crippen LogP contribution in [-0.4, -0.2) is 36.5 Å². The van der Waals surface area contributed by atoms with E-state index in [4.69, 9.17) is 4.74 Å². The Morgan fingerprint density at radius 1 is 1.29 bits per heavy atom. The lowest BCUT2D eigenvalue weighted by Crippen LogP contribution is -2.19. The van der Waals surface area contributed by atoms with E-state index in [9.17, 15) is 19.7 Å². The van der Waals surface area contributed by atoms with Gasteiger partial charge in [-0.05, 0) is 50.5 Å². The summed E-state index contributed by atoms with van der Waals surface area (Å²) in [7, 11) is 0. The van der Waals surface area contributed by atoms with E-state index in [0.717, 1.165) is 37.3 Å². The fourth-order valence-electron chi connectivity index (χ4n) is 3.16. The lowest BCUT2D eigenvalue weighted by Gasteiger charge is -2.17. The number of nitro benzene ring substituents is 1. The Morgan fingerprint density at radius 2 is 2.00 bits per heavy atom. The number of rotatable bonds is 6. The summed E-state index contributed by atoms with van der Waals surface area (Å²) >= 11 is 1.12. The molecule has 1 saturated heterocycles. The summed E-state index contributed by atoms with van der Waals surface area (Å²) in [4.78, 5) is 37.9. The van der Waals surface area contributed by atoms with Gasteiger partial charge in [-0.15, -0.1) is 11.3 Å². The van der Waals surface area contributed by atoms with E-state index >= 15 is 0 Å². The van der Waals surface area contributed by atoms with Crippen LogP contribution in [0.3, 0.4) is 0 Å². The van der Waals surface area contributed by atoms with Crippen molar-refractivity contribution in [3.05, 3.63) is 50.4 Å². The highest BCUT2D eigenvalue weighted by atomic mass is 32.1. The van der Waals surface area contributed by atoms with Crippen LogP contribution in [-0.2, 0) is 4.74 Å². The lowest BCUT2D eigenvalue weighted by atomic mass is 10.1. The third-order valence-corrected chi connectivity index (χ3v) is 5.63. The van der Waals surface area contributed by atoms with Gasteiger partial charge in [-0.1, -0.05) is 0 Å². The van der Waals surface area contributed by atoms with Crippen molar-refractivity contribution < 1.29 is 19.2 Å². The molecule has 9 heteroatoms. The average molecular weight is 403 g/mol. The SMILES string of the molecule is CCOC(=O)c1sc(NC(=O)c2ccc(N3CCCC3)c([N+](=O)[O-])c2)cc1C. The molecule has 1 N–H and O–H groups in total. The normalized spacial score (nSPS) is 13.4. The van der Waals surface area contributed by atoms with Crippen LogP contribution in [0.5, 0.6) is 0 Å². The Labute approximate surface area is 166 Å². The Morgan fingerprint density at radius 3 is 2.64 bits per heavy atom. The lowest BCUT2D eigenvalue weighted by molar-refractivity contribution is -0.384. The van der Waals surface area contributed by atoms with Crippen molar-refractivity contribution in [2.45, 2.75) is 26.7 Å². The number of anilines is 2. The van der Waals surface area contributed by atoms with Crippen LogP contribution in [0.4, 0.5) is 16.4 Å². The maximum absolute atomic E-state index is 12.6. The molecule has 0 aliphatic carbocycles.